The Morgan fingerprint density at radius 3 is 2.62 bits per heavy atom. The summed E-state index contributed by atoms with van der Waals surface area (Å²) in [5.41, 5.74) is 5.89. The second-order valence-electron chi connectivity index (χ2n) is 9.73. The number of anilines is 1. The summed E-state index contributed by atoms with van der Waals surface area (Å²) in [5.74, 6) is 0.203. The molecule has 2 aliphatic carbocycles. The third-order valence-electron chi connectivity index (χ3n) is 7.11. The van der Waals surface area contributed by atoms with Crippen LogP contribution in [0.25, 0.3) is 0 Å². The van der Waals surface area contributed by atoms with Gasteiger partial charge in [-0.3, -0.25) is 10.1 Å². The van der Waals surface area contributed by atoms with Gasteiger partial charge in [-0.25, -0.2) is 9.59 Å². The van der Waals surface area contributed by atoms with E-state index in [2.05, 4.69) is 53.3 Å². The monoisotopic (exact) mass is 432 g/mol. The minimum Gasteiger partial charge on any atom is -0.331 e. The number of imide groups is 1. The molecule has 0 spiro atoms. The number of amides is 5. The molecule has 0 saturated carbocycles. The van der Waals surface area contributed by atoms with Gasteiger partial charge >= 0.3 is 12.1 Å². The fourth-order valence-corrected chi connectivity index (χ4v) is 5.42. The lowest BCUT2D eigenvalue weighted by Crippen LogP contribution is -2.32. The first-order valence-electron chi connectivity index (χ1n) is 11.2. The summed E-state index contributed by atoms with van der Waals surface area (Å²) in [6.07, 6.45) is 3.69. The third-order valence-corrected chi connectivity index (χ3v) is 7.11. The number of urea groups is 2. The lowest BCUT2D eigenvalue weighted by atomic mass is 9.69. The van der Waals surface area contributed by atoms with Crippen LogP contribution in [0.15, 0.2) is 42.5 Å². The molecule has 4 N–H and O–H groups in total. The molecule has 7 heteroatoms. The number of nitrogens with one attached hydrogen (secondary N) is 4. The molecule has 3 atom stereocenters. The van der Waals surface area contributed by atoms with Gasteiger partial charge in [-0.1, -0.05) is 44.2 Å². The number of rotatable bonds is 4. The molecule has 7 nitrogen and oxygen atoms in total. The molecule has 0 aromatic heterocycles. The SMILES string of the molecule is CC1(C)CCC2CC(NC(=O)Nc3ccc(CC4NC(=O)NC4=O)cc3)c3cccc1c32. The molecule has 1 heterocycles. The van der Waals surface area contributed by atoms with E-state index in [0.29, 0.717) is 18.0 Å². The van der Waals surface area contributed by atoms with Gasteiger partial charge < -0.3 is 16.0 Å². The number of carbonyl (C=O) groups excluding carboxylic acids is 3. The molecule has 32 heavy (non-hydrogen) atoms. The van der Waals surface area contributed by atoms with Crippen LogP contribution in [0.3, 0.4) is 0 Å². The van der Waals surface area contributed by atoms with E-state index < -0.39 is 12.1 Å². The summed E-state index contributed by atoms with van der Waals surface area (Å²) in [6, 6.07) is 12.6. The highest BCUT2D eigenvalue weighted by Crippen LogP contribution is 2.52. The van der Waals surface area contributed by atoms with Crippen LogP contribution in [0.5, 0.6) is 0 Å². The molecule has 5 rings (SSSR count). The van der Waals surface area contributed by atoms with Crippen molar-refractivity contribution in [2.24, 2.45) is 0 Å². The highest BCUT2D eigenvalue weighted by atomic mass is 16.2. The van der Waals surface area contributed by atoms with Gasteiger partial charge in [-0.05, 0) is 65.0 Å². The van der Waals surface area contributed by atoms with Crippen LogP contribution in [0.1, 0.15) is 67.3 Å². The smallest absolute Gasteiger partial charge is 0.322 e. The van der Waals surface area contributed by atoms with Crippen LogP contribution in [0, 0.1) is 0 Å². The summed E-state index contributed by atoms with van der Waals surface area (Å²) < 4.78 is 0. The van der Waals surface area contributed by atoms with Gasteiger partial charge in [0, 0.05) is 12.1 Å². The zero-order chi connectivity index (χ0) is 22.5. The molecule has 3 unspecified atom stereocenters. The second-order valence-corrected chi connectivity index (χ2v) is 9.73. The minimum absolute atomic E-state index is 0.0209. The molecule has 1 aliphatic heterocycles. The zero-order valence-corrected chi connectivity index (χ0v) is 18.3. The Morgan fingerprint density at radius 2 is 1.91 bits per heavy atom. The van der Waals surface area contributed by atoms with Crippen LogP contribution < -0.4 is 21.3 Å². The Kier molecular flexibility index (Phi) is 4.92. The summed E-state index contributed by atoms with van der Waals surface area (Å²) in [5, 5.41) is 10.9. The van der Waals surface area contributed by atoms with Gasteiger partial charge in [0.1, 0.15) is 6.04 Å². The number of hydrogen-bond donors (Lipinski definition) is 4. The number of carbonyl (C=O) groups is 3. The van der Waals surface area contributed by atoms with Crippen LogP contribution in [0.4, 0.5) is 15.3 Å². The summed E-state index contributed by atoms with van der Waals surface area (Å²) >= 11 is 0. The van der Waals surface area contributed by atoms with E-state index in [9.17, 15) is 14.4 Å². The Bertz CT molecular complexity index is 1090. The van der Waals surface area contributed by atoms with Gasteiger partial charge in [-0.15, -0.1) is 0 Å². The van der Waals surface area contributed by atoms with E-state index in [0.717, 1.165) is 18.4 Å². The average Bonchev–Trinajstić information content (AvgIpc) is 3.26. The Labute approximate surface area is 187 Å². The Balaban J connectivity index is 1.22. The molecule has 0 radical (unpaired) electrons. The Hall–Kier alpha value is -3.35. The lowest BCUT2D eigenvalue weighted by molar-refractivity contribution is -0.120. The number of hydrogen-bond acceptors (Lipinski definition) is 3. The molecule has 2 aromatic carbocycles. The predicted molar refractivity (Wildman–Crippen MR) is 122 cm³/mol. The molecule has 0 bridgehead atoms. The zero-order valence-electron chi connectivity index (χ0n) is 18.3. The first kappa shape index (κ1) is 20.5. The standard InChI is InChI=1S/C25H28N4O3/c1-25(2)11-10-15-13-19(17-4-3-5-18(25)21(15)17)27-23(31)26-16-8-6-14(7-9-16)12-20-22(30)29-24(32)28-20/h3-9,15,19-20H,10-13H2,1-2H3,(H2,26,27,31)(H2,28,29,30,32). The maximum absolute atomic E-state index is 12.7. The van der Waals surface area contributed by atoms with Gasteiger partial charge in [0.05, 0.1) is 6.04 Å². The van der Waals surface area contributed by atoms with Crippen molar-refractivity contribution >= 4 is 23.7 Å². The van der Waals surface area contributed by atoms with E-state index in [1.165, 1.54) is 23.1 Å². The average molecular weight is 433 g/mol. The van der Waals surface area contributed by atoms with Crippen molar-refractivity contribution in [3.8, 4) is 0 Å². The fourth-order valence-electron chi connectivity index (χ4n) is 5.42. The second kappa shape index (κ2) is 7.65. The molecule has 166 valence electrons. The van der Waals surface area contributed by atoms with Crippen molar-refractivity contribution in [2.75, 3.05) is 5.32 Å². The highest BCUT2D eigenvalue weighted by molar-refractivity contribution is 6.04. The molecule has 3 aliphatic rings. The molecule has 1 saturated heterocycles. The topological polar surface area (TPSA) is 99.3 Å². The molecule has 5 amide bonds. The Morgan fingerprint density at radius 1 is 1.12 bits per heavy atom. The van der Waals surface area contributed by atoms with Crippen molar-refractivity contribution in [3.05, 3.63) is 64.7 Å². The van der Waals surface area contributed by atoms with E-state index in [-0.39, 0.29) is 23.4 Å². The summed E-state index contributed by atoms with van der Waals surface area (Å²) in [4.78, 5) is 35.7. The summed E-state index contributed by atoms with van der Waals surface area (Å²) in [6.45, 7) is 4.62. The van der Waals surface area contributed by atoms with Crippen molar-refractivity contribution < 1.29 is 14.4 Å². The van der Waals surface area contributed by atoms with E-state index >= 15 is 0 Å². The van der Waals surface area contributed by atoms with Gasteiger partial charge in [-0.2, -0.15) is 0 Å². The van der Waals surface area contributed by atoms with Gasteiger partial charge in [0.15, 0.2) is 0 Å². The highest BCUT2D eigenvalue weighted by Gasteiger charge is 2.40. The maximum Gasteiger partial charge on any atom is 0.322 e. The van der Waals surface area contributed by atoms with Crippen LogP contribution in [-0.4, -0.2) is 24.0 Å². The normalized spacial score (nSPS) is 25.0. The molecule has 1 fully saturated rings. The van der Waals surface area contributed by atoms with Crippen LogP contribution in [0.2, 0.25) is 0 Å². The van der Waals surface area contributed by atoms with E-state index in [1.807, 2.05) is 24.3 Å². The van der Waals surface area contributed by atoms with Crippen molar-refractivity contribution in [1.82, 2.24) is 16.0 Å². The summed E-state index contributed by atoms with van der Waals surface area (Å²) in [7, 11) is 0. The van der Waals surface area contributed by atoms with Gasteiger partial charge in [0.2, 0.25) is 0 Å². The first-order valence-corrected chi connectivity index (χ1v) is 11.2. The fraction of sp³-hybridized carbons (Fsp3) is 0.400. The first-order chi connectivity index (χ1) is 15.3. The van der Waals surface area contributed by atoms with Gasteiger partial charge in [0.25, 0.3) is 5.91 Å². The largest absolute Gasteiger partial charge is 0.331 e. The quantitative estimate of drug-likeness (QED) is 0.552. The predicted octanol–water partition coefficient (Wildman–Crippen LogP) is 3.86. The van der Waals surface area contributed by atoms with Crippen molar-refractivity contribution in [1.29, 1.82) is 0 Å². The van der Waals surface area contributed by atoms with Crippen LogP contribution in [-0.2, 0) is 16.6 Å². The van der Waals surface area contributed by atoms with Crippen LogP contribution >= 0.6 is 0 Å². The van der Waals surface area contributed by atoms with Crippen molar-refractivity contribution in [2.45, 2.75) is 62.9 Å². The minimum atomic E-state index is -0.558. The van der Waals surface area contributed by atoms with E-state index in [4.69, 9.17) is 0 Å². The third kappa shape index (κ3) is 3.72. The maximum atomic E-state index is 12.7. The lowest BCUT2D eigenvalue weighted by Gasteiger charge is -2.35. The number of benzene rings is 2. The molecular formula is C25H28N4O3. The van der Waals surface area contributed by atoms with E-state index in [1.54, 1.807) is 0 Å². The molecule has 2 aromatic rings. The molecular weight excluding hydrogens is 404 g/mol. The van der Waals surface area contributed by atoms with Crippen molar-refractivity contribution in [3.63, 3.8) is 0 Å².